The van der Waals surface area contributed by atoms with E-state index in [2.05, 4.69) is 38.9 Å². The van der Waals surface area contributed by atoms with Crippen LogP contribution in [-0.2, 0) is 8.95 Å². The standard InChI is InChI=1S/C20H43NO2SSi/c1-4-6-7-8-9-10-11-12-16-25(17-14-20(24)5-2)22-15-13-19(3)18-21-23-25/h19-21,24H,4-18H2,1-3H3. The van der Waals surface area contributed by atoms with Gasteiger partial charge in [0.1, 0.15) is 0 Å². The van der Waals surface area contributed by atoms with E-state index >= 15 is 0 Å². The van der Waals surface area contributed by atoms with Crippen molar-refractivity contribution in [2.75, 3.05) is 13.2 Å². The average molecular weight is 390 g/mol. The summed E-state index contributed by atoms with van der Waals surface area (Å²) < 4.78 is 12.6. The highest BCUT2D eigenvalue weighted by Crippen LogP contribution is 2.28. The third-order valence-corrected chi connectivity index (χ3v) is 9.44. The Hall–Kier alpha value is 0.447. The van der Waals surface area contributed by atoms with Gasteiger partial charge in [-0.25, -0.2) is 5.48 Å². The molecule has 1 saturated heterocycles. The monoisotopic (exact) mass is 389 g/mol. The van der Waals surface area contributed by atoms with Gasteiger partial charge in [0.15, 0.2) is 0 Å². The molecule has 1 N–H and O–H groups in total. The topological polar surface area (TPSA) is 30.5 Å². The van der Waals surface area contributed by atoms with Gasteiger partial charge in [0.25, 0.3) is 0 Å². The van der Waals surface area contributed by atoms with Crippen LogP contribution in [0.15, 0.2) is 0 Å². The summed E-state index contributed by atoms with van der Waals surface area (Å²) in [4.78, 5) is 0. The third kappa shape index (κ3) is 11.0. The maximum atomic E-state index is 6.42. The lowest BCUT2D eigenvalue weighted by molar-refractivity contribution is 0.0681. The molecule has 0 saturated carbocycles. The zero-order valence-corrected chi connectivity index (χ0v) is 18.9. The van der Waals surface area contributed by atoms with E-state index < -0.39 is 8.56 Å². The van der Waals surface area contributed by atoms with E-state index in [1.807, 2.05) is 0 Å². The van der Waals surface area contributed by atoms with Crippen molar-refractivity contribution in [2.45, 2.75) is 109 Å². The number of hydroxylamine groups is 1. The van der Waals surface area contributed by atoms with Gasteiger partial charge in [-0.15, -0.1) is 0 Å². The molecule has 0 aliphatic carbocycles. The van der Waals surface area contributed by atoms with Crippen molar-refractivity contribution in [2.24, 2.45) is 5.92 Å². The van der Waals surface area contributed by atoms with Crippen LogP contribution in [0.4, 0.5) is 0 Å². The molecule has 1 aliphatic rings. The molecule has 0 aromatic carbocycles. The molecule has 3 atom stereocenters. The summed E-state index contributed by atoms with van der Waals surface area (Å²) in [6.45, 7) is 8.57. The van der Waals surface area contributed by atoms with Gasteiger partial charge >= 0.3 is 8.56 Å². The van der Waals surface area contributed by atoms with E-state index in [1.54, 1.807) is 0 Å². The molecule has 0 aromatic rings. The van der Waals surface area contributed by atoms with Gasteiger partial charge in [-0.3, -0.25) is 0 Å². The van der Waals surface area contributed by atoms with Gasteiger partial charge < -0.3 is 8.95 Å². The Morgan fingerprint density at radius 2 is 1.72 bits per heavy atom. The van der Waals surface area contributed by atoms with Crippen molar-refractivity contribution in [1.29, 1.82) is 0 Å². The minimum atomic E-state index is -2.12. The van der Waals surface area contributed by atoms with E-state index in [0.29, 0.717) is 11.2 Å². The summed E-state index contributed by atoms with van der Waals surface area (Å²) in [5.74, 6) is 0.628. The fourth-order valence-corrected chi connectivity index (χ4v) is 6.97. The normalized spacial score (nSPS) is 26.2. The number of thiol groups is 1. The lowest BCUT2D eigenvalue weighted by Gasteiger charge is -2.34. The van der Waals surface area contributed by atoms with Gasteiger partial charge in [0.2, 0.25) is 0 Å². The van der Waals surface area contributed by atoms with E-state index in [0.717, 1.165) is 44.5 Å². The van der Waals surface area contributed by atoms with Crippen LogP contribution >= 0.6 is 12.6 Å². The van der Waals surface area contributed by atoms with Crippen LogP contribution in [0.2, 0.25) is 12.1 Å². The van der Waals surface area contributed by atoms with Gasteiger partial charge in [-0.2, -0.15) is 12.6 Å². The van der Waals surface area contributed by atoms with Crippen molar-refractivity contribution in [3.05, 3.63) is 0 Å². The molecule has 0 radical (unpaired) electrons. The van der Waals surface area contributed by atoms with Gasteiger partial charge in [-0.1, -0.05) is 72.1 Å². The first-order chi connectivity index (χ1) is 12.1. The maximum Gasteiger partial charge on any atom is 0.358 e. The Morgan fingerprint density at radius 3 is 2.40 bits per heavy atom. The second kappa shape index (κ2) is 14.5. The van der Waals surface area contributed by atoms with Crippen molar-refractivity contribution >= 4 is 21.2 Å². The first-order valence-electron chi connectivity index (χ1n) is 10.8. The zero-order chi connectivity index (χ0) is 18.4. The Labute approximate surface area is 163 Å². The van der Waals surface area contributed by atoms with Gasteiger partial charge in [0, 0.05) is 18.4 Å². The summed E-state index contributed by atoms with van der Waals surface area (Å²) in [5.41, 5.74) is 3.26. The number of nitrogens with one attached hydrogen (secondary N) is 1. The number of hydrogen-bond donors (Lipinski definition) is 2. The predicted molar refractivity (Wildman–Crippen MR) is 114 cm³/mol. The molecule has 1 aliphatic heterocycles. The Bertz CT molecular complexity index is 310. The lowest BCUT2D eigenvalue weighted by atomic mass is 10.1. The first-order valence-corrected chi connectivity index (χ1v) is 13.6. The van der Waals surface area contributed by atoms with E-state index in [1.165, 1.54) is 51.4 Å². The molecule has 0 spiro atoms. The van der Waals surface area contributed by atoms with Crippen LogP contribution in [0.1, 0.15) is 91.4 Å². The number of unbranched alkanes of at least 4 members (excludes halogenated alkanes) is 7. The molecular formula is C20H43NO2SSi. The van der Waals surface area contributed by atoms with Crippen LogP contribution in [-0.4, -0.2) is 27.0 Å². The second-order valence-corrected chi connectivity index (χ2v) is 12.0. The molecular weight excluding hydrogens is 346 g/mol. The Kier molecular flexibility index (Phi) is 13.6. The maximum absolute atomic E-state index is 6.42. The van der Waals surface area contributed by atoms with Crippen molar-refractivity contribution in [3.8, 4) is 0 Å². The number of rotatable bonds is 13. The lowest BCUT2D eigenvalue weighted by Crippen LogP contribution is -2.49. The summed E-state index contributed by atoms with van der Waals surface area (Å²) in [7, 11) is -2.12. The highest BCUT2D eigenvalue weighted by Gasteiger charge is 2.39. The second-order valence-electron chi connectivity index (χ2n) is 7.93. The van der Waals surface area contributed by atoms with Gasteiger partial charge in [0.05, 0.1) is 0 Å². The molecule has 25 heavy (non-hydrogen) atoms. The summed E-state index contributed by atoms with van der Waals surface area (Å²) >= 11 is 4.69. The highest BCUT2D eigenvalue weighted by atomic mass is 32.1. The Balaban J connectivity index is 2.36. The van der Waals surface area contributed by atoms with Gasteiger partial charge in [-0.05, 0) is 37.3 Å². The van der Waals surface area contributed by atoms with Crippen molar-refractivity contribution in [3.63, 3.8) is 0 Å². The van der Waals surface area contributed by atoms with Crippen LogP contribution in [0.25, 0.3) is 0 Å². The largest absolute Gasteiger partial charge is 0.393 e. The minimum Gasteiger partial charge on any atom is -0.393 e. The fraction of sp³-hybridized carbons (Fsp3) is 1.00. The fourth-order valence-electron chi connectivity index (χ4n) is 3.38. The molecule has 0 bridgehead atoms. The van der Waals surface area contributed by atoms with E-state index in [4.69, 9.17) is 8.95 Å². The smallest absolute Gasteiger partial charge is 0.358 e. The molecule has 0 amide bonds. The molecule has 3 unspecified atom stereocenters. The quantitative estimate of drug-likeness (QED) is 0.222. The Morgan fingerprint density at radius 1 is 1.04 bits per heavy atom. The average Bonchev–Trinajstić information content (AvgIpc) is 2.60. The van der Waals surface area contributed by atoms with E-state index in [9.17, 15) is 0 Å². The molecule has 5 heteroatoms. The highest BCUT2D eigenvalue weighted by molar-refractivity contribution is 7.80. The van der Waals surface area contributed by atoms with Crippen molar-refractivity contribution < 1.29 is 8.95 Å². The van der Waals surface area contributed by atoms with E-state index in [-0.39, 0.29) is 0 Å². The minimum absolute atomic E-state index is 0.472. The SMILES string of the molecule is CCCCCCCCCC[Si]1(CCC(S)CC)OCCC(C)CNO1. The van der Waals surface area contributed by atoms with Crippen LogP contribution in [0, 0.1) is 5.92 Å². The molecule has 150 valence electrons. The number of hydrogen-bond acceptors (Lipinski definition) is 4. The third-order valence-electron chi connectivity index (χ3n) is 5.41. The molecule has 1 rings (SSSR count). The summed E-state index contributed by atoms with van der Waals surface area (Å²) in [6.07, 6.45) is 14.2. The van der Waals surface area contributed by atoms with Crippen LogP contribution < -0.4 is 5.48 Å². The molecule has 0 aromatic heterocycles. The zero-order valence-electron chi connectivity index (χ0n) is 17.0. The first kappa shape index (κ1) is 23.5. The predicted octanol–water partition coefficient (Wildman–Crippen LogP) is 6.25. The van der Waals surface area contributed by atoms with Crippen molar-refractivity contribution in [1.82, 2.24) is 5.48 Å². The van der Waals surface area contributed by atoms with Crippen LogP contribution in [0.3, 0.4) is 0 Å². The molecule has 1 fully saturated rings. The molecule has 3 nitrogen and oxygen atoms in total. The van der Waals surface area contributed by atoms with Crippen LogP contribution in [0.5, 0.6) is 0 Å². The summed E-state index contributed by atoms with van der Waals surface area (Å²) in [6, 6.07) is 2.21. The summed E-state index contributed by atoms with van der Waals surface area (Å²) in [5, 5.41) is 0.472. The molecule has 1 heterocycles.